The molecule has 0 amide bonds. The third kappa shape index (κ3) is 4.60. The standard InChI is InChI=1S/C12H23NO3/c1-3-5-16-6-4-12(2)8-10(14)7-11(15)13-9-12/h11,13,15H,3-9H2,1-2H3. The van der Waals surface area contributed by atoms with Crippen LogP contribution in [0.5, 0.6) is 0 Å². The Bertz CT molecular complexity index is 232. The van der Waals surface area contributed by atoms with Crippen molar-refractivity contribution in [3.63, 3.8) is 0 Å². The molecule has 1 saturated heterocycles. The minimum Gasteiger partial charge on any atom is -0.381 e. The van der Waals surface area contributed by atoms with Crippen molar-refractivity contribution in [3.05, 3.63) is 0 Å². The number of carbonyl (C=O) groups is 1. The van der Waals surface area contributed by atoms with Gasteiger partial charge in [0.05, 0.1) is 0 Å². The van der Waals surface area contributed by atoms with E-state index in [-0.39, 0.29) is 17.6 Å². The van der Waals surface area contributed by atoms with E-state index in [0.717, 1.165) is 19.4 Å². The van der Waals surface area contributed by atoms with Gasteiger partial charge >= 0.3 is 0 Å². The number of Topliss-reactive ketones (excluding diaryl/α,β-unsaturated/α-hetero) is 1. The van der Waals surface area contributed by atoms with Crippen LogP contribution in [0.15, 0.2) is 0 Å². The van der Waals surface area contributed by atoms with Crippen molar-refractivity contribution >= 4 is 5.78 Å². The van der Waals surface area contributed by atoms with Gasteiger partial charge in [-0.25, -0.2) is 0 Å². The van der Waals surface area contributed by atoms with Gasteiger partial charge in [0.25, 0.3) is 0 Å². The quantitative estimate of drug-likeness (QED) is 0.693. The fraction of sp³-hybridized carbons (Fsp3) is 0.917. The Hall–Kier alpha value is -0.450. The molecule has 1 aliphatic heterocycles. The molecule has 1 fully saturated rings. The summed E-state index contributed by atoms with van der Waals surface area (Å²) >= 11 is 0. The van der Waals surface area contributed by atoms with Gasteiger partial charge in [0.15, 0.2) is 0 Å². The number of hydrogen-bond donors (Lipinski definition) is 2. The first-order valence-corrected chi connectivity index (χ1v) is 6.07. The van der Waals surface area contributed by atoms with Crippen molar-refractivity contribution in [1.29, 1.82) is 0 Å². The fourth-order valence-corrected chi connectivity index (χ4v) is 2.00. The zero-order valence-electron chi connectivity index (χ0n) is 10.3. The lowest BCUT2D eigenvalue weighted by atomic mass is 9.82. The van der Waals surface area contributed by atoms with Crippen molar-refractivity contribution in [2.45, 2.75) is 45.8 Å². The summed E-state index contributed by atoms with van der Waals surface area (Å²) in [6.45, 7) is 6.30. The van der Waals surface area contributed by atoms with Gasteiger partial charge in [0.2, 0.25) is 0 Å². The molecule has 0 aliphatic carbocycles. The molecule has 2 N–H and O–H groups in total. The number of nitrogens with one attached hydrogen (secondary N) is 1. The number of carbonyl (C=O) groups excluding carboxylic acids is 1. The minimum atomic E-state index is -0.675. The Morgan fingerprint density at radius 1 is 1.56 bits per heavy atom. The van der Waals surface area contributed by atoms with Crippen LogP contribution in [0.3, 0.4) is 0 Å². The van der Waals surface area contributed by atoms with E-state index in [4.69, 9.17) is 4.74 Å². The van der Waals surface area contributed by atoms with Gasteiger partial charge in [0.1, 0.15) is 12.0 Å². The maximum Gasteiger partial charge on any atom is 0.137 e. The summed E-state index contributed by atoms with van der Waals surface area (Å²) in [6.07, 6.45) is 1.97. The van der Waals surface area contributed by atoms with E-state index in [1.165, 1.54) is 0 Å². The van der Waals surface area contributed by atoms with Crippen molar-refractivity contribution in [2.24, 2.45) is 5.41 Å². The first kappa shape index (κ1) is 13.6. The van der Waals surface area contributed by atoms with E-state index in [9.17, 15) is 9.90 Å². The SMILES string of the molecule is CCCOCCC1(C)CNC(O)CC(=O)C1. The number of ether oxygens (including phenoxy) is 1. The predicted octanol–water partition coefficient (Wildman–Crippen LogP) is 1.08. The highest BCUT2D eigenvalue weighted by Gasteiger charge is 2.31. The molecule has 0 aromatic heterocycles. The third-order valence-electron chi connectivity index (χ3n) is 3.01. The summed E-state index contributed by atoms with van der Waals surface area (Å²) in [5.74, 6) is 0.135. The van der Waals surface area contributed by atoms with Crippen LogP contribution in [0.1, 0.15) is 39.5 Å². The summed E-state index contributed by atoms with van der Waals surface area (Å²) in [4.78, 5) is 11.6. The lowest BCUT2D eigenvalue weighted by Gasteiger charge is -2.27. The highest BCUT2D eigenvalue weighted by atomic mass is 16.5. The molecule has 2 atom stereocenters. The Morgan fingerprint density at radius 2 is 2.31 bits per heavy atom. The average molecular weight is 229 g/mol. The van der Waals surface area contributed by atoms with E-state index in [0.29, 0.717) is 19.6 Å². The smallest absolute Gasteiger partial charge is 0.137 e. The second kappa shape index (κ2) is 6.33. The molecular weight excluding hydrogens is 206 g/mol. The number of rotatable bonds is 5. The Morgan fingerprint density at radius 3 is 3.00 bits per heavy atom. The highest BCUT2D eigenvalue weighted by molar-refractivity contribution is 5.79. The van der Waals surface area contributed by atoms with Gasteiger partial charge < -0.3 is 9.84 Å². The monoisotopic (exact) mass is 229 g/mol. The van der Waals surface area contributed by atoms with Crippen molar-refractivity contribution < 1.29 is 14.6 Å². The number of aliphatic hydroxyl groups is 1. The topological polar surface area (TPSA) is 58.6 Å². The molecule has 0 bridgehead atoms. The van der Waals surface area contributed by atoms with Crippen LogP contribution in [0, 0.1) is 5.41 Å². The van der Waals surface area contributed by atoms with Crippen LogP contribution in [0.4, 0.5) is 0 Å². The molecule has 1 heterocycles. The van der Waals surface area contributed by atoms with Crippen LogP contribution < -0.4 is 5.32 Å². The summed E-state index contributed by atoms with van der Waals surface area (Å²) < 4.78 is 5.45. The summed E-state index contributed by atoms with van der Waals surface area (Å²) in [5, 5.41) is 12.4. The third-order valence-corrected chi connectivity index (χ3v) is 3.01. The maximum atomic E-state index is 11.6. The molecule has 2 unspecified atom stereocenters. The van der Waals surface area contributed by atoms with Gasteiger partial charge in [-0.3, -0.25) is 10.1 Å². The fourth-order valence-electron chi connectivity index (χ4n) is 2.00. The van der Waals surface area contributed by atoms with Gasteiger partial charge in [-0.1, -0.05) is 13.8 Å². The van der Waals surface area contributed by atoms with Crippen molar-refractivity contribution in [2.75, 3.05) is 19.8 Å². The number of hydrogen-bond acceptors (Lipinski definition) is 4. The van der Waals surface area contributed by atoms with Crippen molar-refractivity contribution in [1.82, 2.24) is 5.32 Å². The Kier molecular flexibility index (Phi) is 5.38. The van der Waals surface area contributed by atoms with E-state index < -0.39 is 6.23 Å². The zero-order chi connectivity index (χ0) is 12.0. The minimum absolute atomic E-state index is 0.0810. The van der Waals surface area contributed by atoms with E-state index in [1.54, 1.807) is 0 Å². The largest absolute Gasteiger partial charge is 0.381 e. The van der Waals surface area contributed by atoms with Crippen LogP contribution >= 0.6 is 0 Å². The molecule has 4 nitrogen and oxygen atoms in total. The van der Waals surface area contributed by atoms with E-state index in [1.807, 2.05) is 0 Å². The lowest BCUT2D eigenvalue weighted by Crippen LogP contribution is -2.35. The van der Waals surface area contributed by atoms with Crippen molar-refractivity contribution in [3.8, 4) is 0 Å². The molecule has 1 aliphatic rings. The molecule has 4 heteroatoms. The second-order valence-electron chi connectivity index (χ2n) is 4.99. The molecular formula is C12H23NO3. The Labute approximate surface area is 97.4 Å². The first-order valence-electron chi connectivity index (χ1n) is 6.07. The molecule has 0 saturated carbocycles. The zero-order valence-corrected chi connectivity index (χ0v) is 10.3. The number of ketones is 1. The maximum absolute atomic E-state index is 11.6. The summed E-state index contributed by atoms with van der Waals surface area (Å²) in [7, 11) is 0. The van der Waals surface area contributed by atoms with Gasteiger partial charge in [0, 0.05) is 32.6 Å². The molecule has 0 aromatic carbocycles. The predicted molar refractivity (Wildman–Crippen MR) is 62.1 cm³/mol. The molecule has 16 heavy (non-hydrogen) atoms. The molecule has 1 rings (SSSR count). The van der Waals surface area contributed by atoms with Gasteiger partial charge in [-0.05, 0) is 18.3 Å². The summed E-state index contributed by atoms with van der Waals surface area (Å²) in [5.41, 5.74) is -0.0810. The normalized spacial score (nSPS) is 31.4. The molecule has 94 valence electrons. The number of aliphatic hydroxyl groups excluding tert-OH is 1. The Balaban J connectivity index is 2.38. The van der Waals surface area contributed by atoms with Gasteiger partial charge in [-0.2, -0.15) is 0 Å². The van der Waals surface area contributed by atoms with Crippen LogP contribution in [0.2, 0.25) is 0 Å². The second-order valence-corrected chi connectivity index (χ2v) is 4.99. The van der Waals surface area contributed by atoms with E-state index >= 15 is 0 Å². The lowest BCUT2D eigenvalue weighted by molar-refractivity contribution is -0.122. The van der Waals surface area contributed by atoms with E-state index in [2.05, 4.69) is 19.2 Å². The van der Waals surface area contributed by atoms with Crippen LogP contribution in [0.25, 0.3) is 0 Å². The first-order chi connectivity index (χ1) is 7.56. The molecule has 0 aromatic rings. The summed E-state index contributed by atoms with van der Waals surface area (Å²) in [6, 6.07) is 0. The van der Waals surface area contributed by atoms with Crippen LogP contribution in [-0.2, 0) is 9.53 Å². The van der Waals surface area contributed by atoms with Gasteiger partial charge in [-0.15, -0.1) is 0 Å². The average Bonchev–Trinajstić information content (AvgIpc) is 2.33. The molecule has 0 spiro atoms. The highest BCUT2D eigenvalue weighted by Crippen LogP contribution is 2.28. The van der Waals surface area contributed by atoms with Crippen LogP contribution in [-0.4, -0.2) is 36.9 Å². The molecule has 0 radical (unpaired) electrons.